The highest BCUT2D eigenvalue weighted by molar-refractivity contribution is 7.86. The highest BCUT2D eigenvalue weighted by Gasteiger charge is 2.14. The summed E-state index contributed by atoms with van der Waals surface area (Å²) in [7, 11) is -3.95. The molecule has 1 unspecified atom stereocenters. The Balaban J connectivity index is 4.05. The van der Waals surface area contributed by atoms with Gasteiger partial charge in [-0.15, -0.1) is 6.58 Å². The lowest BCUT2D eigenvalue weighted by Crippen LogP contribution is -2.15. The number of hydrogen-bond acceptors (Lipinski definition) is 2. The van der Waals surface area contributed by atoms with Gasteiger partial charge in [0.25, 0.3) is 10.1 Å². The molecule has 0 aliphatic rings. The molecule has 0 saturated carbocycles. The van der Waals surface area contributed by atoms with Crippen molar-refractivity contribution >= 4 is 10.1 Å². The lowest BCUT2D eigenvalue weighted by Gasteiger charge is -2.01. The van der Waals surface area contributed by atoms with Crippen molar-refractivity contribution in [1.82, 2.24) is 0 Å². The first kappa shape index (κ1) is 8.65. The Morgan fingerprint density at radius 1 is 1.67 bits per heavy atom. The maximum atomic E-state index is 10.2. The van der Waals surface area contributed by atoms with Gasteiger partial charge >= 0.3 is 0 Å². The Bertz CT molecular complexity index is 180. The molecular formula is C5H9O3S. The second-order valence-corrected chi connectivity index (χ2v) is 3.36. The van der Waals surface area contributed by atoms with Crippen LogP contribution in [0.3, 0.4) is 0 Å². The smallest absolute Gasteiger partial charge is 0.268 e. The molecule has 0 aromatic carbocycles. The molecular weight excluding hydrogens is 140 g/mol. The van der Waals surface area contributed by atoms with Crippen molar-refractivity contribution in [2.75, 3.05) is 0 Å². The van der Waals surface area contributed by atoms with Crippen molar-refractivity contribution in [1.29, 1.82) is 0 Å². The summed E-state index contributed by atoms with van der Waals surface area (Å²) in [6, 6.07) is 0. The van der Waals surface area contributed by atoms with Gasteiger partial charge < -0.3 is 0 Å². The fourth-order valence-electron chi connectivity index (χ4n) is 0.307. The van der Waals surface area contributed by atoms with E-state index in [1.54, 1.807) is 0 Å². The molecule has 0 fully saturated rings. The Hall–Kier alpha value is -0.350. The van der Waals surface area contributed by atoms with Gasteiger partial charge in [-0.25, -0.2) is 0 Å². The standard InChI is InChI=1S/C5H9O3S/c1-3-4-5(2)9(6,7)8/h3,5H,1-2,4H2,(H,6,7,8). The molecule has 3 nitrogen and oxygen atoms in total. The molecule has 1 atom stereocenters. The van der Waals surface area contributed by atoms with E-state index in [0.29, 0.717) is 0 Å². The summed E-state index contributed by atoms with van der Waals surface area (Å²) < 4.78 is 28.6. The molecule has 0 bridgehead atoms. The van der Waals surface area contributed by atoms with Crippen molar-refractivity contribution < 1.29 is 13.0 Å². The SMILES string of the molecule is [CH2]C(CC=C)S(=O)(=O)O. The molecule has 1 radical (unpaired) electrons. The van der Waals surface area contributed by atoms with Gasteiger partial charge in [0.15, 0.2) is 0 Å². The Morgan fingerprint density at radius 2 is 2.11 bits per heavy atom. The summed E-state index contributed by atoms with van der Waals surface area (Å²) in [4.78, 5) is 0. The van der Waals surface area contributed by atoms with Crippen molar-refractivity contribution in [2.24, 2.45) is 0 Å². The van der Waals surface area contributed by atoms with Crippen LogP contribution in [0.15, 0.2) is 12.7 Å². The van der Waals surface area contributed by atoms with Crippen molar-refractivity contribution in [2.45, 2.75) is 11.7 Å². The molecule has 1 N–H and O–H groups in total. The topological polar surface area (TPSA) is 54.4 Å². The zero-order valence-corrected chi connectivity index (χ0v) is 5.76. The molecule has 53 valence electrons. The van der Waals surface area contributed by atoms with E-state index in [0.717, 1.165) is 0 Å². The Morgan fingerprint density at radius 3 is 2.22 bits per heavy atom. The van der Waals surface area contributed by atoms with E-state index in [9.17, 15) is 8.42 Å². The molecule has 0 aromatic rings. The minimum Gasteiger partial charge on any atom is -0.285 e. The van der Waals surface area contributed by atoms with Gasteiger partial charge in [-0.05, 0) is 13.3 Å². The van der Waals surface area contributed by atoms with E-state index in [4.69, 9.17) is 4.55 Å². The fourth-order valence-corrected chi connectivity index (χ4v) is 0.687. The van der Waals surface area contributed by atoms with Gasteiger partial charge in [0.05, 0.1) is 5.25 Å². The number of hydrogen-bond donors (Lipinski definition) is 1. The van der Waals surface area contributed by atoms with E-state index in [1.807, 2.05) is 0 Å². The van der Waals surface area contributed by atoms with Crippen LogP contribution in [0.25, 0.3) is 0 Å². The fraction of sp³-hybridized carbons (Fsp3) is 0.400. The van der Waals surface area contributed by atoms with E-state index in [1.165, 1.54) is 6.08 Å². The number of rotatable bonds is 3. The Kier molecular flexibility index (Phi) is 2.87. The lowest BCUT2D eigenvalue weighted by atomic mass is 10.3. The lowest BCUT2D eigenvalue weighted by molar-refractivity contribution is 0.474. The summed E-state index contributed by atoms with van der Waals surface area (Å²) in [6.45, 7) is 6.49. The second kappa shape index (κ2) is 2.98. The first-order chi connectivity index (χ1) is 3.98. The van der Waals surface area contributed by atoms with E-state index in [-0.39, 0.29) is 6.42 Å². The molecule has 0 amide bonds. The molecule has 4 heteroatoms. The van der Waals surface area contributed by atoms with Crippen LogP contribution >= 0.6 is 0 Å². The van der Waals surface area contributed by atoms with Crippen LogP contribution in [0.1, 0.15) is 6.42 Å². The van der Waals surface area contributed by atoms with E-state index in [2.05, 4.69) is 13.5 Å². The monoisotopic (exact) mass is 149 g/mol. The highest BCUT2D eigenvalue weighted by atomic mass is 32.2. The molecule has 0 aromatic heterocycles. The van der Waals surface area contributed by atoms with Crippen molar-refractivity contribution in [3.8, 4) is 0 Å². The highest BCUT2D eigenvalue weighted by Crippen LogP contribution is 2.01. The first-order valence-corrected chi connectivity index (χ1v) is 3.89. The molecule has 0 spiro atoms. The van der Waals surface area contributed by atoms with Crippen LogP contribution in [-0.2, 0) is 10.1 Å². The van der Waals surface area contributed by atoms with Gasteiger partial charge in [-0.2, -0.15) is 8.42 Å². The molecule has 0 aliphatic heterocycles. The summed E-state index contributed by atoms with van der Waals surface area (Å²) in [5, 5.41) is -0.977. The molecule has 0 saturated heterocycles. The summed E-state index contributed by atoms with van der Waals surface area (Å²) in [5.74, 6) is 0. The van der Waals surface area contributed by atoms with Gasteiger partial charge in [0, 0.05) is 0 Å². The van der Waals surface area contributed by atoms with Gasteiger partial charge in [0.2, 0.25) is 0 Å². The number of allylic oxidation sites excluding steroid dienone is 1. The predicted octanol–water partition coefficient (Wildman–Crippen LogP) is 0.653. The van der Waals surface area contributed by atoms with Gasteiger partial charge in [0.1, 0.15) is 0 Å². The van der Waals surface area contributed by atoms with Crippen molar-refractivity contribution in [3.05, 3.63) is 19.6 Å². The van der Waals surface area contributed by atoms with Crippen LogP contribution in [0.2, 0.25) is 0 Å². The largest absolute Gasteiger partial charge is 0.285 e. The van der Waals surface area contributed by atoms with Crippen LogP contribution in [0.4, 0.5) is 0 Å². The average molecular weight is 149 g/mol. The van der Waals surface area contributed by atoms with Gasteiger partial charge in [-0.1, -0.05) is 6.08 Å². The minimum absolute atomic E-state index is 0.179. The quantitative estimate of drug-likeness (QED) is 0.473. The first-order valence-electron chi connectivity index (χ1n) is 2.38. The summed E-state index contributed by atoms with van der Waals surface area (Å²) in [6.07, 6.45) is 1.57. The van der Waals surface area contributed by atoms with Crippen molar-refractivity contribution in [3.63, 3.8) is 0 Å². The summed E-state index contributed by atoms with van der Waals surface area (Å²) >= 11 is 0. The van der Waals surface area contributed by atoms with Gasteiger partial charge in [-0.3, -0.25) is 4.55 Å². The predicted molar refractivity (Wildman–Crippen MR) is 35.5 cm³/mol. The third-order valence-electron chi connectivity index (χ3n) is 0.851. The third kappa shape index (κ3) is 3.26. The molecule has 0 heterocycles. The second-order valence-electron chi connectivity index (χ2n) is 1.66. The molecule has 0 rings (SSSR count). The third-order valence-corrected chi connectivity index (χ3v) is 1.89. The molecule has 9 heavy (non-hydrogen) atoms. The Labute approximate surface area is 55.1 Å². The zero-order chi connectivity index (χ0) is 7.49. The normalized spacial score (nSPS) is 14.9. The maximum absolute atomic E-state index is 10.2. The van der Waals surface area contributed by atoms with E-state index >= 15 is 0 Å². The van der Waals surface area contributed by atoms with Crippen LogP contribution < -0.4 is 0 Å². The molecule has 0 aliphatic carbocycles. The van der Waals surface area contributed by atoms with E-state index < -0.39 is 15.4 Å². The zero-order valence-electron chi connectivity index (χ0n) is 4.95. The summed E-state index contributed by atoms with van der Waals surface area (Å²) in [5.41, 5.74) is 0. The van der Waals surface area contributed by atoms with Crippen LogP contribution in [0, 0.1) is 6.92 Å². The maximum Gasteiger partial charge on any atom is 0.268 e. The van der Waals surface area contributed by atoms with Crippen LogP contribution in [-0.4, -0.2) is 18.2 Å². The minimum atomic E-state index is -3.95. The van der Waals surface area contributed by atoms with Crippen LogP contribution in [0.5, 0.6) is 0 Å². The average Bonchev–Trinajstić information content (AvgIpc) is 1.64.